The lowest BCUT2D eigenvalue weighted by atomic mass is 9.86. The smallest absolute Gasteiger partial charge is 0.326 e. The third-order valence-corrected chi connectivity index (χ3v) is 6.66. The molecule has 2 bridgehead atoms. The van der Waals surface area contributed by atoms with Gasteiger partial charge in [0.15, 0.2) is 0 Å². The maximum absolute atomic E-state index is 12.2. The molecule has 3 atom stereocenters. The van der Waals surface area contributed by atoms with Crippen molar-refractivity contribution < 1.29 is 26.4 Å². The zero-order valence-electron chi connectivity index (χ0n) is 14.1. The van der Waals surface area contributed by atoms with Crippen molar-refractivity contribution in [1.82, 2.24) is 4.72 Å². The number of alkyl halides is 3. The molecule has 1 aromatic carbocycles. The minimum absolute atomic E-state index is 0.117. The topological polar surface area (TPSA) is 75.3 Å². The van der Waals surface area contributed by atoms with Crippen LogP contribution in [0.15, 0.2) is 29.2 Å². The molecule has 1 amide bonds. The largest absolute Gasteiger partial charge is 0.402 e. The molecule has 2 fully saturated rings. The molecule has 0 unspecified atom stereocenters. The minimum atomic E-state index is -4.62. The van der Waals surface area contributed by atoms with Gasteiger partial charge in [0.2, 0.25) is 15.9 Å². The highest BCUT2D eigenvalue weighted by Crippen LogP contribution is 2.49. The molecule has 2 aliphatic carbocycles. The fourth-order valence-corrected chi connectivity index (χ4v) is 5.07. The lowest BCUT2D eigenvalue weighted by Gasteiger charge is -2.20. The van der Waals surface area contributed by atoms with Crippen molar-refractivity contribution in [3.8, 4) is 0 Å². The van der Waals surface area contributed by atoms with Crippen LogP contribution in [-0.2, 0) is 14.8 Å². The Morgan fingerprint density at radius 2 is 1.81 bits per heavy atom. The van der Waals surface area contributed by atoms with E-state index in [2.05, 4.69) is 5.32 Å². The summed E-state index contributed by atoms with van der Waals surface area (Å²) in [4.78, 5) is 11.9. The first-order valence-corrected chi connectivity index (χ1v) is 10.1. The molecule has 5 nitrogen and oxygen atoms in total. The maximum Gasteiger partial charge on any atom is 0.402 e. The van der Waals surface area contributed by atoms with E-state index in [4.69, 9.17) is 0 Å². The van der Waals surface area contributed by atoms with Crippen LogP contribution < -0.4 is 10.0 Å². The van der Waals surface area contributed by atoms with E-state index in [-0.39, 0.29) is 10.8 Å². The summed E-state index contributed by atoms with van der Waals surface area (Å²) in [7, 11) is -4.25. The monoisotopic (exact) mass is 390 g/mol. The van der Waals surface area contributed by atoms with E-state index in [0.717, 1.165) is 12.3 Å². The van der Waals surface area contributed by atoms with Gasteiger partial charge in [0.1, 0.15) is 6.54 Å². The lowest BCUT2D eigenvalue weighted by Crippen LogP contribution is -2.33. The first kappa shape index (κ1) is 19.2. The Bertz CT molecular complexity index is 762. The fraction of sp³-hybridized carbons (Fsp3) is 0.588. The van der Waals surface area contributed by atoms with Crippen LogP contribution >= 0.6 is 0 Å². The van der Waals surface area contributed by atoms with Crippen LogP contribution in [0.1, 0.15) is 32.1 Å². The van der Waals surface area contributed by atoms with Crippen LogP contribution in [0.2, 0.25) is 0 Å². The number of hydrogen-bond donors (Lipinski definition) is 2. The number of carbonyl (C=O) groups excluding carboxylic acids is 1. The molecule has 2 N–H and O–H groups in total. The van der Waals surface area contributed by atoms with Crippen LogP contribution in [0, 0.1) is 17.8 Å². The number of sulfonamides is 1. The molecule has 0 saturated heterocycles. The summed E-state index contributed by atoms with van der Waals surface area (Å²) in [5.74, 6) is 1.69. The van der Waals surface area contributed by atoms with Crippen LogP contribution in [0.5, 0.6) is 0 Å². The standard InChI is InChI=1S/C17H21F3N2O3S/c18-17(19,20)10-21-26(24,25)15-5-3-14(4-6-15)22-16(23)9-13-8-11-1-2-12(13)7-11/h3-6,11-13,21H,1-2,7-10H2,(H,22,23)/t11-,12+,13+/m0/s1. The second-order valence-corrected chi connectivity index (χ2v) is 8.92. The summed E-state index contributed by atoms with van der Waals surface area (Å²) in [6.45, 7) is -1.63. The molecule has 3 rings (SSSR count). The first-order valence-electron chi connectivity index (χ1n) is 8.59. The summed E-state index contributed by atoms with van der Waals surface area (Å²) in [5, 5.41) is 2.73. The Balaban J connectivity index is 1.54. The second kappa shape index (κ2) is 7.19. The van der Waals surface area contributed by atoms with Crippen molar-refractivity contribution in [3.63, 3.8) is 0 Å². The molecule has 26 heavy (non-hydrogen) atoms. The van der Waals surface area contributed by atoms with Gasteiger partial charge >= 0.3 is 6.18 Å². The van der Waals surface area contributed by atoms with Gasteiger partial charge in [0.25, 0.3) is 0 Å². The van der Waals surface area contributed by atoms with E-state index in [1.165, 1.54) is 48.3 Å². The van der Waals surface area contributed by atoms with Gasteiger partial charge in [0.05, 0.1) is 4.90 Å². The Hall–Kier alpha value is -1.61. The Morgan fingerprint density at radius 1 is 1.12 bits per heavy atom. The van der Waals surface area contributed by atoms with Crippen molar-refractivity contribution in [3.05, 3.63) is 24.3 Å². The van der Waals surface area contributed by atoms with Crippen LogP contribution in [0.4, 0.5) is 18.9 Å². The van der Waals surface area contributed by atoms with E-state index in [1.807, 2.05) is 0 Å². The number of hydrogen-bond acceptors (Lipinski definition) is 3. The van der Waals surface area contributed by atoms with Gasteiger partial charge in [-0.05, 0) is 61.3 Å². The molecule has 144 valence electrons. The highest BCUT2D eigenvalue weighted by molar-refractivity contribution is 7.89. The second-order valence-electron chi connectivity index (χ2n) is 7.15. The summed E-state index contributed by atoms with van der Waals surface area (Å²) < 4.78 is 61.6. The number of rotatable bonds is 6. The molecular weight excluding hydrogens is 369 g/mol. The molecule has 0 heterocycles. The van der Waals surface area contributed by atoms with Gasteiger partial charge in [-0.15, -0.1) is 0 Å². The van der Waals surface area contributed by atoms with E-state index < -0.39 is 22.7 Å². The number of amides is 1. The molecule has 0 aliphatic heterocycles. The van der Waals surface area contributed by atoms with E-state index in [9.17, 15) is 26.4 Å². The molecule has 0 radical (unpaired) electrons. The first-order chi connectivity index (χ1) is 12.1. The van der Waals surface area contributed by atoms with Crippen LogP contribution in [-0.4, -0.2) is 27.0 Å². The predicted octanol–water partition coefficient (Wildman–Crippen LogP) is 3.29. The van der Waals surface area contributed by atoms with Gasteiger partial charge in [-0.2, -0.15) is 13.2 Å². The van der Waals surface area contributed by atoms with Crippen LogP contribution in [0.3, 0.4) is 0 Å². The highest BCUT2D eigenvalue weighted by atomic mass is 32.2. The van der Waals surface area contributed by atoms with Gasteiger partial charge in [-0.1, -0.05) is 6.42 Å². The number of anilines is 1. The normalized spacial score (nSPS) is 25.4. The highest BCUT2D eigenvalue weighted by Gasteiger charge is 2.40. The quantitative estimate of drug-likeness (QED) is 0.783. The Kier molecular flexibility index (Phi) is 5.30. The number of fused-ring (bicyclic) bond motifs is 2. The lowest BCUT2D eigenvalue weighted by molar-refractivity contribution is -0.121. The zero-order chi connectivity index (χ0) is 18.9. The van der Waals surface area contributed by atoms with Gasteiger partial charge in [-0.25, -0.2) is 13.1 Å². The van der Waals surface area contributed by atoms with Gasteiger partial charge in [0, 0.05) is 12.1 Å². The number of benzene rings is 1. The maximum atomic E-state index is 12.2. The van der Waals surface area contributed by atoms with Crippen LogP contribution in [0.25, 0.3) is 0 Å². The molecule has 2 aliphatic rings. The molecule has 0 aromatic heterocycles. The van der Waals surface area contributed by atoms with E-state index >= 15 is 0 Å². The van der Waals surface area contributed by atoms with E-state index in [1.54, 1.807) is 0 Å². The Morgan fingerprint density at radius 3 is 2.35 bits per heavy atom. The zero-order valence-corrected chi connectivity index (χ0v) is 14.9. The molecule has 9 heteroatoms. The number of carbonyl (C=O) groups is 1. The minimum Gasteiger partial charge on any atom is -0.326 e. The summed E-state index contributed by atoms with van der Waals surface area (Å²) in [6, 6.07) is 5.10. The third-order valence-electron chi connectivity index (χ3n) is 5.24. The van der Waals surface area contributed by atoms with Crippen molar-refractivity contribution in [2.75, 3.05) is 11.9 Å². The number of nitrogens with one attached hydrogen (secondary N) is 2. The number of halogens is 3. The summed E-state index contributed by atoms with van der Waals surface area (Å²) in [6.07, 6.45) is 0.603. The molecule has 2 saturated carbocycles. The van der Waals surface area contributed by atoms with Gasteiger partial charge < -0.3 is 5.32 Å². The van der Waals surface area contributed by atoms with Gasteiger partial charge in [-0.3, -0.25) is 4.79 Å². The average Bonchev–Trinajstić information content (AvgIpc) is 3.16. The van der Waals surface area contributed by atoms with Crippen molar-refractivity contribution in [2.24, 2.45) is 17.8 Å². The van der Waals surface area contributed by atoms with Crippen molar-refractivity contribution in [2.45, 2.75) is 43.2 Å². The molecule has 0 spiro atoms. The predicted molar refractivity (Wildman–Crippen MR) is 89.9 cm³/mol. The molecule has 1 aromatic rings. The summed E-state index contributed by atoms with van der Waals surface area (Å²) in [5.41, 5.74) is 0.424. The SMILES string of the molecule is O=C(C[C@H]1C[C@H]2CC[C@@H]1C2)Nc1ccc(S(=O)(=O)NCC(F)(F)F)cc1. The van der Waals surface area contributed by atoms with Crippen molar-refractivity contribution >= 4 is 21.6 Å². The van der Waals surface area contributed by atoms with Crippen molar-refractivity contribution in [1.29, 1.82) is 0 Å². The van der Waals surface area contributed by atoms with E-state index in [0.29, 0.717) is 23.9 Å². The average molecular weight is 390 g/mol. The summed E-state index contributed by atoms with van der Waals surface area (Å²) >= 11 is 0. The third kappa shape index (κ3) is 4.76. The molecular formula is C17H21F3N2O3S. The fourth-order valence-electron chi connectivity index (χ4n) is 4.05. The Labute approximate surface area is 150 Å².